The molecule has 0 bridgehead atoms. The molecule has 0 spiro atoms. The van der Waals surface area contributed by atoms with E-state index in [0.717, 1.165) is 5.56 Å². The molecule has 0 aliphatic carbocycles. The monoisotopic (exact) mass is 460 g/mol. The first-order valence-electron chi connectivity index (χ1n) is 9.82. The Morgan fingerprint density at radius 3 is 2.48 bits per heavy atom. The number of rotatable bonds is 5. The summed E-state index contributed by atoms with van der Waals surface area (Å²) in [5.74, 6) is -0.922. The molecule has 4 aromatic rings. The fourth-order valence-electron chi connectivity index (χ4n) is 3.26. The lowest BCUT2D eigenvalue weighted by molar-refractivity contribution is -0.384. The molecule has 0 unspecified atom stereocenters. The normalized spacial score (nSPS) is 11.1. The van der Waals surface area contributed by atoms with Crippen molar-refractivity contribution < 1.29 is 14.8 Å². The fourth-order valence-corrected chi connectivity index (χ4v) is 3.42. The standard InChI is InChI=1S/C24H17ClN4O4/c1-14-6-9-17(10-7-14)26-24(31)19-12-15-4-2-3-5-18(15)22(23(19)30)28-27-20-11-8-16(25)13-21(20)29(32)33/h2-13,30H,1H3,(H,26,31). The van der Waals surface area contributed by atoms with E-state index in [0.29, 0.717) is 16.5 Å². The maximum Gasteiger partial charge on any atom is 0.298 e. The Labute approximate surface area is 193 Å². The molecule has 164 valence electrons. The second-order valence-electron chi connectivity index (χ2n) is 7.25. The van der Waals surface area contributed by atoms with E-state index in [9.17, 15) is 20.0 Å². The van der Waals surface area contributed by atoms with Crippen molar-refractivity contribution in [2.45, 2.75) is 6.92 Å². The third-order valence-corrected chi connectivity index (χ3v) is 5.18. The maximum atomic E-state index is 12.9. The number of benzene rings is 4. The van der Waals surface area contributed by atoms with E-state index in [1.165, 1.54) is 18.2 Å². The average molecular weight is 461 g/mol. The van der Waals surface area contributed by atoms with Crippen LogP contribution in [0.15, 0.2) is 83.0 Å². The van der Waals surface area contributed by atoms with Gasteiger partial charge in [0, 0.05) is 22.2 Å². The minimum atomic E-state index is -0.621. The first-order chi connectivity index (χ1) is 15.8. The van der Waals surface area contributed by atoms with Crippen molar-refractivity contribution in [1.29, 1.82) is 0 Å². The van der Waals surface area contributed by atoms with Crippen LogP contribution in [0, 0.1) is 17.0 Å². The number of aryl methyl sites for hydroxylation is 1. The number of nitrogens with one attached hydrogen (secondary N) is 1. The highest BCUT2D eigenvalue weighted by Crippen LogP contribution is 2.40. The van der Waals surface area contributed by atoms with Gasteiger partial charge in [0.1, 0.15) is 5.69 Å². The van der Waals surface area contributed by atoms with Gasteiger partial charge in [-0.3, -0.25) is 14.9 Å². The molecule has 4 rings (SSSR count). The van der Waals surface area contributed by atoms with Crippen LogP contribution in [0.25, 0.3) is 10.8 Å². The van der Waals surface area contributed by atoms with Crippen LogP contribution in [0.5, 0.6) is 5.75 Å². The molecule has 0 aliphatic rings. The first-order valence-corrected chi connectivity index (χ1v) is 10.2. The first kappa shape index (κ1) is 21.9. The smallest absolute Gasteiger partial charge is 0.298 e. The van der Waals surface area contributed by atoms with Gasteiger partial charge in [0.15, 0.2) is 11.4 Å². The fraction of sp³-hybridized carbons (Fsp3) is 0.0417. The largest absolute Gasteiger partial charge is 0.505 e. The lowest BCUT2D eigenvalue weighted by atomic mass is 10.0. The van der Waals surface area contributed by atoms with Gasteiger partial charge >= 0.3 is 0 Å². The number of amides is 1. The van der Waals surface area contributed by atoms with Gasteiger partial charge in [-0.25, -0.2) is 0 Å². The Hall–Kier alpha value is -4.30. The number of phenols is 1. The highest BCUT2D eigenvalue weighted by molar-refractivity contribution is 6.30. The molecule has 0 aliphatic heterocycles. The number of carbonyl (C=O) groups is 1. The number of nitro groups is 1. The van der Waals surface area contributed by atoms with E-state index >= 15 is 0 Å². The Morgan fingerprint density at radius 1 is 1.03 bits per heavy atom. The van der Waals surface area contributed by atoms with Crippen LogP contribution in [0.3, 0.4) is 0 Å². The van der Waals surface area contributed by atoms with Gasteiger partial charge in [-0.1, -0.05) is 53.6 Å². The molecule has 0 saturated carbocycles. The highest BCUT2D eigenvalue weighted by Gasteiger charge is 2.19. The van der Waals surface area contributed by atoms with Crippen LogP contribution >= 0.6 is 11.6 Å². The molecule has 1 amide bonds. The predicted octanol–water partition coefficient (Wildman–Crippen LogP) is 7.08. The topological polar surface area (TPSA) is 117 Å². The minimum absolute atomic E-state index is 0.00571. The van der Waals surface area contributed by atoms with Crippen molar-refractivity contribution in [3.05, 3.63) is 99.1 Å². The van der Waals surface area contributed by atoms with Gasteiger partial charge in [-0.2, -0.15) is 0 Å². The van der Waals surface area contributed by atoms with Crippen molar-refractivity contribution in [2.24, 2.45) is 10.2 Å². The molecule has 0 radical (unpaired) electrons. The summed E-state index contributed by atoms with van der Waals surface area (Å²) in [5.41, 5.74) is 1.25. The summed E-state index contributed by atoms with van der Waals surface area (Å²) in [5, 5.41) is 34.4. The van der Waals surface area contributed by atoms with Crippen LogP contribution in [0.2, 0.25) is 5.02 Å². The molecule has 0 atom stereocenters. The van der Waals surface area contributed by atoms with Crippen LogP contribution in [-0.4, -0.2) is 15.9 Å². The summed E-state index contributed by atoms with van der Waals surface area (Å²) in [6, 6.07) is 19.8. The third-order valence-electron chi connectivity index (χ3n) is 4.94. The van der Waals surface area contributed by atoms with E-state index in [2.05, 4.69) is 15.5 Å². The van der Waals surface area contributed by atoms with Gasteiger partial charge in [0.25, 0.3) is 11.6 Å². The molecule has 8 nitrogen and oxygen atoms in total. The van der Waals surface area contributed by atoms with Crippen LogP contribution < -0.4 is 5.32 Å². The summed E-state index contributed by atoms with van der Waals surface area (Å²) < 4.78 is 0. The zero-order valence-electron chi connectivity index (χ0n) is 17.3. The van der Waals surface area contributed by atoms with Crippen molar-refractivity contribution in [2.75, 3.05) is 5.32 Å². The molecule has 2 N–H and O–H groups in total. The molecule has 0 heterocycles. The summed E-state index contributed by atoms with van der Waals surface area (Å²) in [6.45, 7) is 1.93. The lowest BCUT2D eigenvalue weighted by Crippen LogP contribution is -2.12. The molecule has 0 aromatic heterocycles. The van der Waals surface area contributed by atoms with Crippen LogP contribution in [-0.2, 0) is 0 Å². The van der Waals surface area contributed by atoms with Gasteiger partial charge in [-0.15, -0.1) is 10.2 Å². The Balaban J connectivity index is 1.79. The van der Waals surface area contributed by atoms with Gasteiger partial charge in [0.2, 0.25) is 0 Å². The minimum Gasteiger partial charge on any atom is -0.505 e. The number of fused-ring (bicyclic) bond motifs is 1. The quantitative estimate of drug-likeness (QED) is 0.188. The van der Waals surface area contributed by atoms with Gasteiger partial charge < -0.3 is 10.4 Å². The van der Waals surface area contributed by atoms with Crippen molar-refractivity contribution in [3.8, 4) is 5.75 Å². The van der Waals surface area contributed by atoms with Gasteiger partial charge in [-0.05, 0) is 42.6 Å². The molecular formula is C24H17ClN4O4. The summed E-state index contributed by atoms with van der Waals surface area (Å²) in [4.78, 5) is 23.6. The molecule has 33 heavy (non-hydrogen) atoms. The van der Waals surface area contributed by atoms with Crippen molar-refractivity contribution in [1.82, 2.24) is 0 Å². The number of nitrogens with zero attached hydrogens (tertiary/aromatic N) is 3. The van der Waals surface area contributed by atoms with E-state index in [1.54, 1.807) is 42.5 Å². The van der Waals surface area contributed by atoms with E-state index < -0.39 is 16.6 Å². The molecule has 9 heteroatoms. The van der Waals surface area contributed by atoms with Gasteiger partial charge in [0.05, 0.1) is 10.5 Å². The number of nitro benzene ring substituents is 1. The third kappa shape index (κ3) is 4.65. The molecule has 0 saturated heterocycles. The summed E-state index contributed by atoms with van der Waals surface area (Å²) >= 11 is 5.85. The lowest BCUT2D eigenvalue weighted by Gasteiger charge is -2.11. The predicted molar refractivity (Wildman–Crippen MR) is 127 cm³/mol. The van der Waals surface area contributed by atoms with E-state index in [1.807, 2.05) is 19.1 Å². The molecule has 0 fully saturated rings. The molecular weight excluding hydrogens is 444 g/mol. The number of anilines is 1. The van der Waals surface area contributed by atoms with E-state index in [-0.39, 0.29) is 27.6 Å². The van der Waals surface area contributed by atoms with Crippen molar-refractivity contribution >= 4 is 51.0 Å². The number of hydrogen-bond acceptors (Lipinski definition) is 6. The number of aromatic hydroxyl groups is 1. The van der Waals surface area contributed by atoms with Crippen molar-refractivity contribution in [3.63, 3.8) is 0 Å². The summed E-state index contributed by atoms with van der Waals surface area (Å²) in [7, 11) is 0. The maximum absolute atomic E-state index is 12.9. The van der Waals surface area contributed by atoms with Crippen LogP contribution in [0.1, 0.15) is 15.9 Å². The second-order valence-corrected chi connectivity index (χ2v) is 7.69. The number of carbonyl (C=O) groups excluding carboxylic acids is 1. The summed E-state index contributed by atoms with van der Waals surface area (Å²) in [6.07, 6.45) is 0. The zero-order valence-corrected chi connectivity index (χ0v) is 18.1. The Kier molecular flexibility index (Phi) is 6.01. The van der Waals surface area contributed by atoms with Crippen LogP contribution in [0.4, 0.5) is 22.7 Å². The SMILES string of the molecule is Cc1ccc(NC(=O)c2cc3ccccc3c(N=Nc3ccc(Cl)cc3[N+](=O)[O-])c2O)cc1. The number of halogens is 1. The van der Waals surface area contributed by atoms with E-state index in [4.69, 9.17) is 11.6 Å². The highest BCUT2D eigenvalue weighted by atomic mass is 35.5. The average Bonchev–Trinajstić information content (AvgIpc) is 2.80. The Morgan fingerprint density at radius 2 is 1.76 bits per heavy atom. The number of hydrogen-bond donors (Lipinski definition) is 2. The molecule has 4 aromatic carbocycles. The Bertz CT molecular complexity index is 1420. The number of azo groups is 1. The second kappa shape index (κ2) is 9.05. The number of phenolic OH excluding ortho intramolecular Hbond substituents is 1. The zero-order chi connectivity index (χ0) is 23.5.